The van der Waals surface area contributed by atoms with E-state index in [0.29, 0.717) is 32.5 Å². The van der Waals surface area contributed by atoms with Crippen LogP contribution in [0.25, 0.3) is 0 Å². The van der Waals surface area contributed by atoms with Crippen LogP contribution in [0.2, 0.25) is 0 Å². The number of carbonyl (C=O) groups is 2. The highest BCUT2D eigenvalue weighted by Gasteiger charge is 2.50. The maximum absolute atomic E-state index is 12.8. The molecule has 1 spiro atoms. The van der Waals surface area contributed by atoms with E-state index in [2.05, 4.69) is 5.32 Å². The van der Waals surface area contributed by atoms with Crippen molar-refractivity contribution in [2.45, 2.75) is 37.2 Å². The molecule has 3 fully saturated rings. The zero-order chi connectivity index (χ0) is 14.4. The van der Waals surface area contributed by atoms with Crippen LogP contribution in [0.3, 0.4) is 0 Å². The highest BCUT2D eigenvalue weighted by Crippen LogP contribution is 2.43. The average Bonchev–Trinajstić information content (AvgIpc) is 2.40. The Morgan fingerprint density at radius 1 is 1.30 bits per heavy atom. The first-order chi connectivity index (χ1) is 9.39. The van der Waals surface area contributed by atoms with Crippen LogP contribution in [0.15, 0.2) is 0 Å². The summed E-state index contributed by atoms with van der Waals surface area (Å²) in [5.41, 5.74) is -0.381. The Morgan fingerprint density at radius 2 is 1.95 bits per heavy atom. The van der Waals surface area contributed by atoms with Crippen LogP contribution < -0.4 is 5.32 Å². The predicted octanol–water partition coefficient (Wildman–Crippen LogP) is 0.539. The van der Waals surface area contributed by atoms with Crippen molar-refractivity contribution in [2.24, 2.45) is 5.92 Å². The normalized spacial score (nSPS) is 28.9. The van der Waals surface area contributed by atoms with Crippen molar-refractivity contribution in [3.05, 3.63) is 0 Å². The number of hydrogen-bond acceptors (Lipinski definition) is 3. The van der Waals surface area contributed by atoms with Crippen molar-refractivity contribution >= 4 is 11.8 Å². The third-order valence-electron chi connectivity index (χ3n) is 4.54. The van der Waals surface area contributed by atoms with Gasteiger partial charge in [0.2, 0.25) is 17.7 Å². The number of ether oxygens (including phenoxy) is 1. The minimum absolute atomic E-state index is 0.0583. The number of nitrogens with one attached hydrogen (secondary N) is 1. The number of nitrogens with zero attached hydrogens (tertiary/aromatic N) is 1. The second-order valence-electron chi connectivity index (χ2n) is 6.03. The summed E-state index contributed by atoms with van der Waals surface area (Å²) < 4.78 is 31.2. The molecule has 3 rings (SSSR count). The first-order valence-electron chi connectivity index (χ1n) is 6.97. The molecule has 3 aliphatic rings. The fourth-order valence-electron chi connectivity index (χ4n) is 3.13. The zero-order valence-electron chi connectivity index (χ0n) is 11.2. The maximum atomic E-state index is 12.8. The first-order valence-corrected chi connectivity index (χ1v) is 6.97. The Labute approximate surface area is 115 Å². The minimum atomic E-state index is -2.66. The summed E-state index contributed by atoms with van der Waals surface area (Å²) in [6, 6.07) is 0. The summed E-state index contributed by atoms with van der Waals surface area (Å²) in [4.78, 5) is 24.8. The van der Waals surface area contributed by atoms with Gasteiger partial charge in [-0.15, -0.1) is 0 Å². The number of amides is 2. The van der Waals surface area contributed by atoms with E-state index in [9.17, 15) is 18.4 Å². The Kier molecular flexibility index (Phi) is 3.19. The zero-order valence-corrected chi connectivity index (χ0v) is 11.2. The van der Waals surface area contributed by atoms with E-state index in [-0.39, 0.29) is 36.9 Å². The lowest BCUT2D eigenvalue weighted by Gasteiger charge is -2.45. The molecule has 0 unspecified atom stereocenters. The molecule has 2 amide bonds. The summed E-state index contributed by atoms with van der Waals surface area (Å²) in [6.07, 6.45) is 0.643. The molecule has 1 N–H and O–H groups in total. The number of likely N-dealkylation sites (tertiary alicyclic amines) is 1. The Hall–Kier alpha value is -1.24. The smallest absolute Gasteiger partial charge is 0.249 e. The summed E-state index contributed by atoms with van der Waals surface area (Å²) in [5, 5.41) is 2.78. The van der Waals surface area contributed by atoms with Crippen LogP contribution in [-0.2, 0) is 14.3 Å². The molecule has 0 aromatic rings. The van der Waals surface area contributed by atoms with Crippen LogP contribution in [-0.4, -0.2) is 54.5 Å². The molecule has 2 heterocycles. The lowest BCUT2D eigenvalue weighted by molar-refractivity contribution is -0.168. The van der Waals surface area contributed by atoms with E-state index >= 15 is 0 Å². The molecule has 20 heavy (non-hydrogen) atoms. The highest BCUT2D eigenvalue weighted by molar-refractivity contribution is 5.80. The van der Waals surface area contributed by atoms with Gasteiger partial charge in [0.1, 0.15) is 6.61 Å². The molecular formula is C13H18F2N2O3. The van der Waals surface area contributed by atoms with E-state index in [1.807, 2.05) is 0 Å². The molecule has 0 bridgehead atoms. The quantitative estimate of drug-likeness (QED) is 0.766. The third-order valence-corrected chi connectivity index (χ3v) is 4.54. The molecule has 1 aliphatic carbocycles. The second-order valence-corrected chi connectivity index (χ2v) is 6.03. The van der Waals surface area contributed by atoms with Gasteiger partial charge in [0.05, 0.1) is 5.60 Å². The molecular weight excluding hydrogens is 270 g/mol. The Morgan fingerprint density at radius 3 is 2.45 bits per heavy atom. The topological polar surface area (TPSA) is 58.6 Å². The monoisotopic (exact) mass is 288 g/mol. The molecule has 0 atom stereocenters. The van der Waals surface area contributed by atoms with Gasteiger partial charge in [0.15, 0.2) is 0 Å². The fourth-order valence-corrected chi connectivity index (χ4v) is 3.13. The SMILES string of the molecule is O=C1COC2(CCN(C(=O)C3CC(F)(F)C3)CC2)CN1. The van der Waals surface area contributed by atoms with Gasteiger partial charge in [-0.3, -0.25) is 9.59 Å². The molecule has 1 saturated carbocycles. The van der Waals surface area contributed by atoms with Gasteiger partial charge in [-0.1, -0.05) is 0 Å². The van der Waals surface area contributed by atoms with Crippen molar-refractivity contribution < 1.29 is 23.1 Å². The highest BCUT2D eigenvalue weighted by atomic mass is 19.3. The average molecular weight is 288 g/mol. The van der Waals surface area contributed by atoms with Gasteiger partial charge in [-0.05, 0) is 12.8 Å². The predicted molar refractivity (Wildman–Crippen MR) is 65.2 cm³/mol. The lowest BCUT2D eigenvalue weighted by Crippen LogP contribution is -2.59. The number of piperidine rings is 1. The van der Waals surface area contributed by atoms with E-state index in [1.54, 1.807) is 4.90 Å². The number of rotatable bonds is 1. The largest absolute Gasteiger partial charge is 0.363 e. The summed E-state index contributed by atoms with van der Waals surface area (Å²) >= 11 is 0. The number of hydrogen-bond donors (Lipinski definition) is 1. The second kappa shape index (κ2) is 4.65. The van der Waals surface area contributed by atoms with Crippen molar-refractivity contribution in [3.8, 4) is 0 Å². The van der Waals surface area contributed by atoms with Crippen LogP contribution in [0.5, 0.6) is 0 Å². The van der Waals surface area contributed by atoms with E-state index in [4.69, 9.17) is 4.74 Å². The molecule has 7 heteroatoms. The lowest BCUT2D eigenvalue weighted by atomic mass is 9.79. The van der Waals surface area contributed by atoms with E-state index in [0.717, 1.165) is 0 Å². The number of halogens is 2. The van der Waals surface area contributed by atoms with Crippen molar-refractivity contribution in [1.29, 1.82) is 0 Å². The minimum Gasteiger partial charge on any atom is -0.363 e. The Bertz CT molecular complexity index is 413. The van der Waals surface area contributed by atoms with Crippen LogP contribution in [0.1, 0.15) is 25.7 Å². The van der Waals surface area contributed by atoms with Crippen molar-refractivity contribution in [3.63, 3.8) is 0 Å². The summed E-state index contributed by atoms with van der Waals surface area (Å²) in [5.74, 6) is -3.46. The van der Waals surface area contributed by atoms with Gasteiger partial charge in [0, 0.05) is 38.4 Å². The fraction of sp³-hybridized carbons (Fsp3) is 0.846. The van der Waals surface area contributed by atoms with Gasteiger partial charge in [-0.25, -0.2) is 8.78 Å². The maximum Gasteiger partial charge on any atom is 0.249 e. The van der Waals surface area contributed by atoms with Gasteiger partial charge in [0.25, 0.3) is 0 Å². The standard InChI is InChI=1S/C13H18F2N2O3/c14-13(15)5-9(6-13)11(19)17-3-1-12(2-4-17)8-16-10(18)7-20-12/h9H,1-8H2,(H,16,18). The molecule has 0 aromatic carbocycles. The van der Waals surface area contributed by atoms with Crippen molar-refractivity contribution in [2.75, 3.05) is 26.2 Å². The van der Waals surface area contributed by atoms with E-state index < -0.39 is 11.8 Å². The van der Waals surface area contributed by atoms with Gasteiger partial charge >= 0.3 is 0 Å². The molecule has 2 aliphatic heterocycles. The van der Waals surface area contributed by atoms with Crippen LogP contribution >= 0.6 is 0 Å². The van der Waals surface area contributed by atoms with Gasteiger partial charge in [-0.2, -0.15) is 0 Å². The molecule has 0 aromatic heterocycles. The number of carbonyl (C=O) groups excluding carboxylic acids is 2. The molecule has 5 nitrogen and oxygen atoms in total. The van der Waals surface area contributed by atoms with E-state index in [1.165, 1.54) is 0 Å². The van der Waals surface area contributed by atoms with Crippen LogP contribution in [0.4, 0.5) is 8.78 Å². The number of alkyl halides is 2. The molecule has 2 saturated heterocycles. The first kappa shape index (κ1) is 13.7. The summed E-state index contributed by atoms with van der Waals surface area (Å²) in [6.45, 7) is 1.55. The third kappa shape index (κ3) is 2.51. The van der Waals surface area contributed by atoms with Crippen molar-refractivity contribution in [1.82, 2.24) is 10.2 Å². The number of morpholine rings is 1. The van der Waals surface area contributed by atoms with Crippen LogP contribution in [0, 0.1) is 5.92 Å². The molecule has 112 valence electrons. The summed E-state index contributed by atoms with van der Waals surface area (Å²) in [7, 11) is 0. The Balaban J connectivity index is 1.51. The van der Waals surface area contributed by atoms with Gasteiger partial charge < -0.3 is 15.0 Å². The molecule has 0 radical (unpaired) electrons.